The van der Waals surface area contributed by atoms with Gasteiger partial charge in [-0.15, -0.1) is 0 Å². The lowest BCUT2D eigenvalue weighted by Gasteiger charge is -2.36. The Morgan fingerprint density at radius 1 is 1.08 bits per heavy atom. The molecule has 2 rings (SSSR count). The van der Waals surface area contributed by atoms with E-state index in [1.807, 2.05) is 51.1 Å². The van der Waals surface area contributed by atoms with Crippen LogP contribution in [0.5, 0.6) is 0 Å². The summed E-state index contributed by atoms with van der Waals surface area (Å²) in [7, 11) is 1.27. The molecule has 26 heavy (non-hydrogen) atoms. The maximum absolute atomic E-state index is 12.9. The van der Waals surface area contributed by atoms with Gasteiger partial charge in [0, 0.05) is 24.3 Å². The van der Waals surface area contributed by atoms with Crippen molar-refractivity contribution >= 4 is 11.9 Å². The van der Waals surface area contributed by atoms with Crippen LogP contribution in [0.3, 0.4) is 0 Å². The van der Waals surface area contributed by atoms with E-state index < -0.39 is 11.5 Å². The van der Waals surface area contributed by atoms with Gasteiger partial charge in [0.2, 0.25) is 5.91 Å². The number of carbonyl (C=O) groups excluding carboxylic acids is 2. The number of ether oxygens (including phenoxy) is 1. The fourth-order valence-corrected chi connectivity index (χ4v) is 2.59. The van der Waals surface area contributed by atoms with E-state index in [9.17, 15) is 14.4 Å². The third-order valence-corrected chi connectivity index (χ3v) is 4.00. The number of pyridine rings is 1. The van der Waals surface area contributed by atoms with Crippen LogP contribution in [0.4, 0.5) is 0 Å². The van der Waals surface area contributed by atoms with Gasteiger partial charge in [0.1, 0.15) is 6.54 Å². The first-order chi connectivity index (χ1) is 12.2. The van der Waals surface area contributed by atoms with Gasteiger partial charge in [-0.25, -0.2) is 4.79 Å². The summed E-state index contributed by atoms with van der Waals surface area (Å²) in [6.07, 6.45) is 1.36. The van der Waals surface area contributed by atoms with Gasteiger partial charge in [-0.05, 0) is 32.4 Å². The average Bonchev–Trinajstić information content (AvgIpc) is 2.60. The first-order valence-electron chi connectivity index (χ1n) is 8.35. The number of carbonyl (C=O) groups is 2. The molecule has 0 aliphatic heterocycles. The Morgan fingerprint density at radius 2 is 1.73 bits per heavy atom. The standard InChI is InChI=1S/C20H24N2O4/c1-20(2,3)22(12-15-8-6-5-7-9-15)18(24)14-21-13-16(19(25)26-4)10-11-17(21)23/h5-11,13H,12,14H2,1-4H3. The second kappa shape index (κ2) is 7.99. The van der Waals surface area contributed by atoms with Crippen LogP contribution in [0.2, 0.25) is 0 Å². The maximum Gasteiger partial charge on any atom is 0.339 e. The Bertz CT molecular complexity index is 835. The second-order valence-electron chi connectivity index (χ2n) is 7.01. The summed E-state index contributed by atoms with van der Waals surface area (Å²) in [5, 5.41) is 0. The van der Waals surface area contributed by atoms with Crippen LogP contribution < -0.4 is 5.56 Å². The zero-order valence-corrected chi connectivity index (χ0v) is 15.6. The van der Waals surface area contributed by atoms with Gasteiger partial charge < -0.3 is 14.2 Å². The maximum atomic E-state index is 12.9. The predicted molar refractivity (Wildman–Crippen MR) is 98.8 cm³/mol. The van der Waals surface area contributed by atoms with Crippen molar-refractivity contribution in [3.05, 3.63) is 70.1 Å². The van der Waals surface area contributed by atoms with E-state index in [4.69, 9.17) is 0 Å². The zero-order valence-electron chi connectivity index (χ0n) is 15.6. The number of amides is 1. The minimum atomic E-state index is -0.553. The average molecular weight is 356 g/mol. The predicted octanol–water partition coefficient (Wildman–Crippen LogP) is 2.46. The molecule has 6 heteroatoms. The van der Waals surface area contributed by atoms with Gasteiger partial charge in [-0.3, -0.25) is 9.59 Å². The molecule has 1 amide bonds. The van der Waals surface area contributed by atoms with Gasteiger partial charge >= 0.3 is 5.97 Å². The lowest BCUT2D eigenvalue weighted by Crippen LogP contribution is -2.47. The van der Waals surface area contributed by atoms with Crippen LogP contribution in [-0.2, 0) is 22.6 Å². The van der Waals surface area contributed by atoms with Gasteiger partial charge in [-0.1, -0.05) is 30.3 Å². The molecule has 1 heterocycles. The van der Waals surface area contributed by atoms with Crippen molar-refractivity contribution in [3.8, 4) is 0 Å². The second-order valence-corrected chi connectivity index (χ2v) is 7.01. The van der Waals surface area contributed by atoms with Crippen molar-refractivity contribution < 1.29 is 14.3 Å². The Morgan fingerprint density at radius 3 is 2.31 bits per heavy atom. The van der Waals surface area contributed by atoms with E-state index in [1.165, 1.54) is 30.0 Å². The molecule has 138 valence electrons. The Labute approximate surface area is 153 Å². The fraction of sp³-hybridized carbons (Fsp3) is 0.350. The van der Waals surface area contributed by atoms with E-state index in [1.54, 1.807) is 4.90 Å². The van der Waals surface area contributed by atoms with E-state index in [2.05, 4.69) is 4.74 Å². The molecule has 0 saturated heterocycles. The summed E-state index contributed by atoms with van der Waals surface area (Å²) < 4.78 is 5.90. The molecule has 0 fully saturated rings. The van der Waals surface area contributed by atoms with Crippen LogP contribution in [0, 0.1) is 0 Å². The zero-order chi connectivity index (χ0) is 19.3. The highest BCUT2D eigenvalue weighted by Gasteiger charge is 2.27. The van der Waals surface area contributed by atoms with E-state index in [0.29, 0.717) is 6.54 Å². The summed E-state index contributed by atoms with van der Waals surface area (Å²) in [5.74, 6) is -0.756. The summed E-state index contributed by atoms with van der Waals surface area (Å²) in [6.45, 7) is 6.13. The van der Waals surface area contributed by atoms with Crippen LogP contribution >= 0.6 is 0 Å². The van der Waals surface area contributed by atoms with E-state index >= 15 is 0 Å². The number of benzene rings is 1. The smallest absolute Gasteiger partial charge is 0.339 e. The number of methoxy groups -OCH3 is 1. The van der Waals surface area contributed by atoms with Crippen molar-refractivity contribution in [2.45, 2.75) is 39.4 Å². The van der Waals surface area contributed by atoms with Gasteiger partial charge in [0.05, 0.1) is 12.7 Å². The Hall–Kier alpha value is -2.89. The van der Waals surface area contributed by atoms with E-state index in [-0.39, 0.29) is 23.6 Å². The summed E-state index contributed by atoms with van der Waals surface area (Å²) in [5.41, 5.74) is 0.465. The van der Waals surface area contributed by atoms with Crippen LogP contribution in [0.15, 0.2) is 53.5 Å². The SMILES string of the molecule is COC(=O)c1ccc(=O)n(CC(=O)N(Cc2ccccc2)C(C)(C)C)c1. The highest BCUT2D eigenvalue weighted by atomic mass is 16.5. The molecule has 6 nitrogen and oxygen atoms in total. The summed E-state index contributed by atoms with van der Waals surface area (Å²) in [4.78, 5) is 38.4. The number of nitrogens with zero attached hydrogens (tertiary/aromatic N) is 2. The van der Waals surface area contributed by atoms with E-state index in [0.717, 1.165) is 5.56 Å². The molecule has 1 aromatic carbocycles. The fourth-order valence-electron chi connectivity index (χ4n) is 2.59. The normalized spacial score (nSPS) is 11.1. The Kier molecular flexibility index (Phi) is 5.97. The molecule has 0 atom stereocenters. The van der Waals surface area contributed by atoms with Crippen molar-refractivity contribution in [1.29, 1.82) is 0 Å². The van der Waals surface area contributed by atoms with Crippen molar-refractivity contribution in [3.63, 3.8) is 0 Å². The molecular formula is C20H24N2O4. The molecule has 0 radical (unpaired) electrons. The number of aromatic nitrogens is 1. The summed E-state index contributed by atoms with van der Waals surface area (Å²) in [6, 6.07) is 12.3. The topological polar surface area (TPSA) is 68.6 Å². The molecule has 2 aromatic rings. The molecular weight excluding hydrogens is 332 g/mol. The molecule has 0 saturated carbocycles. The highest BCUT2D eigenvalue weighted by molar-refractivity contribution is 5.89. The number of hydrogen-bond acceptors (Lipinski definition) is 4. The largest absolute Gasteiger partial charge is 0.465 e. The minimum absolute atomic E-state index is 0.145. The van der Waals surface area contributed by atoms with Crippen molar-refractivity contribution in [1.82, 2.24) is 9.47 Å². The molecule has 1 aromatic heterocycles. The molecule has 0 unspecified atom stereocenters. The van der Waals surface area contributed by atoms with Gasteiger partial charge in [0.25, 0.3) is 5.56 Å². The van der Waals surface area contributed by atoms with Gasteiger partial charge in [-0.2, -0.15) is 0 Å². The quantitative estimate of drug-likeness (QED) is 0.772. The third-order valence-electron chi connectivity index (χ3n) is 4.00. The first-order valence-corrected chi connectivity index (χ1v) is 8.35. The lowest BCUT2D eigenvalue weighted by atomic mass is 10.0. The Balaban J connectivity index is 2.27. The van der Waals surface area contributed by atoms with Gasteiger partial charge in [0.15, 0.2) is 0 Å². The monoisotopic (exact) mass is 356 g/mol. The molecule has 0 N–H and O–H groups in total. The summed E-state index contributed by atoms with van der Waals surface area (Å²) >= 11 is 0. The number of hydrogen-bond donors (Lipinski definition) is 0. The molecule has 0 aliphatic rings. The van der Waals surface area contributed by atoms with Crippen LogP contribution in [-0.4, -0.2) is 34.0 Å². The lowest BCUT2D eigenvalue weighted by molar-refractivity contribution is -0.137. The molecule has 0 spiro atoms. The number of rotatable bonds is 5. The van der Waals surface area contributed by atoms with Crippen molar-refractivity contribution in [2.75, 3.05) is 7.11 Å². The first kappa shape index (κ1) is 19.4. The molecule has 0 bridgehead atoms. The minimum Gasteiger partial charge on any atom is -0.465 e. The third kappa shape index (κ3) is 4.81. The molecule has 0 aliphatic carbocycles. The number of esters is 1. The van der Waals surface area contributed by atoms with Crippen LogP contribution in [0.1, 0.15) is 36.7 Å². The van der Waals surface area contributed by atoms with Crippen molar-refractivity contribution in [2.24, 2.45) is 0 Å². The highest BCUT2D eigenvalue weighted by Crippen LogP contribution is 2.18. The van der Waals surface area contributed by atoms with Crippen LogP contribution in [0.25, 0.3) is 0 Å².